The summed E-state index contributed by atoms with van der Waals surface area (Å²) in [7, 11) is 0. The first-order chi connectivity index (χ1) is 10.1. The molecule has 4 atom stereocenters. The first kappa shape index (κ1) is 18.4. The Morgan fingerprint density at radius 3 is 2.41 bits per heavy atom. The molecule has 1 aliphatic rings. The first-order valence-corrected chi connectivity index (χ1v) is 7.28. The lowest BCUT2D eigenvalue weighted by Crippen LogP contribution is -2.54. The second kappa shape index (κ2) is 7.55. The van der Waals surface area contributed by atoms with Gasteiger partial charge in [-0.05, 0) is 5.92 Å². The van der Waals surface area contributed by atoms with Crippen molar-refractivity contribution < 1.29 is 29.3 Å². The lowest BCUT2D eigenvalue weighted by atomic mass is 10.00. The molecule has 1 rings (SSSR count). The molecule has 0 bridgehead atoms. The van der Waals surface area contributed by atoms with Crippen LogP contribution >= 0.6 is 0 Å². The van der Waals surface area contributed by atoms with Gasteiger partial charge in [0.2, 0.25) is 5.91 Å². The van der Waals surface area contributed by atoms with Crippen LogP contribution in [0.5, 0.6) is 0 Å². The fourth-order valence-corrected chi connectivity index (χ4v) is 2.62. The maximum atomic E-state index is 12.4. The van der Waals surface area contributed by atoms with Gasteiger partial charge in [0.15, 0.2) is 0 Å². The van der Waals surface area contributed by atoms with Crippen LogP contribution in [-0.4, -0.2) is 63.8 Å². The highest BCUT2D eigenvalue weighted by atomic mass is 16.5. The summed E-state index contributed by atoms with van der Waals surface area (Å²) in [5, 5.41) is 19.0. The number of amides is 1. The van der Waals surface area contributed by atoms with Gasteiger partial charge in [0.25, 0.3) is 0 Å². The van der Waals surface area contributed by atoms with Crippen LogP contribution in [0.15, 0.2) is 0 Å². The number of esters is 1. The lowest BCUT2D eigenvalue weighted by Gasteiger charge is -2.33. The number of hydrogen-bond donors (Lipinski definition) is 3. The summed E-state index contributed by atoms with van der Waals surface area (Å²) in [6.07, 6.45) is -2.25. The van der Waals surface area contributed by atoms with Crippen molar-refractivity contribution in [2.75, 3.05) is 6.54 Å². The normalized spacial score (nSPS) is 24.2. The maximum Gasteiger partial charge on any atom is 0.306 e. The van der Waals surface area contributed by atoms with Crippen LogP contribution in [0.2, 0.25) is 0 Å². The fourth-order valence-electron chi connectivity index (χ4n) is 2.62. The summed E-state index contributed by atoms with van der Waals surface area (Å²) >= 11 is 0. The number of aliphatic carboxylic acids is 1. The standard InChI is InChI=1S/C14H24N2O6/c1-7(2)12(15)14(21)16-5-4-10(22-8(3)17)13(16)9(18)6-11(19)20/h7,9-10,12-13,18H,4-6,15H2,1-3H3,(H,19,20)/t9-,10+,12-,13+/m0/s1. The molecule has 126 valence electrons. The zero-order valence-corrected chi connectivity index (χ0v) is 13.1. The average molecular weight is 316 g/mol. The van der Waals surface area contributed by atoms with E-state index in [0.717, 1.165) is 0 Å². The van der Waals surface area contributed by atoms with Crippen LogP contribution in [0.4, 0.5) is 0 Å². The summed E-state index contributed by atoms with van der Waals surface area (Å²) in [5.74, 6) is -2.21. The van der Waals surface area contributed by atoms with Crippen molar-refractivity contribution in [3.63, 3.8) is 0 Å². The second-order valence-corrected chi connectivity index (χ2v) is 5.89. The van der Waals surface area contributed by atoms with Crippen molar-refractivity contribution in [3.05, 3.63) is 0 Å². The van der Waals surface area contributed by atoms with Crippen LogP contribution in [0.1, 0.15) is 33.6 Å². The SMILES string of the molecule is CC(=O)O[C@@H]1CCN(C(=O)[C@@H](N)C(C)C)[C@@H]1[C@@H](O)CC(=O)O. The molecule has 22 heavy (non-hydrogen) atoms. The summed E-state index contributed by atoms with van der Waals surface area (Å²) in [6, 6.07) is -1.65. The van der Waals surface area contributed by atoms with E-state index in [1.54, 1.807) is 13.8 Å². The van der Waals surface area contributed by atoms with Crippen molar-refractivity contribution in [2.45, 2.75) is 57.9 Å². The highest BCUT2D eigenvalue weighted by molar-refractivity contribution is 5.83. The van der Waals surface area contributed by atoms with E-state index in [-0.39, 0.29) is 18.4 Å². The van der Waals surface area contributed by atoms with Gasteiger partial charge in [-0.2, -0.15) is 0 Å². The minimum atomic E-state index is -1.33. The van der Waals surface area contributed by atoms with Gasteiger partial charge in [-0.3, -0.25) is 14.4 Å². The smallest absolute Gasteiger partial charge is 0.306 e. The highest BCUT2D eigenvalue weighted by Crippen LogP contribution is 2.26. The number of carbonyl (C=O) groups excluding carboxylic acids is 2. The van der Waals surface area contributed by atoms with Gasteiger partial charge in [-0.1, -0.05) is 13.8 Å². The quantitative estimate of drug-likeness (QED) is 0.554. The third kappa shape index (κ3) is 4.41. The lowest BCUT2D eigenvalue weighted by molar-refractivity contribution is -0.154. The Hall–Kier alpha value is -1.67. The molecule has 1 aliphatic heterocycles. The van der Waals surface area contributed by atoms with Gasteiger partial charge in [-0.15, -0.1) is 0 Å². The van der Waals surface area contributed by atoms with Crippen LogP contribution < -0.4 is 5.73 Å². The number of aliphatic hydroxyl groups excluding tert-OH is 1. The van der Waals surface area contributed by atoms with E-state index in [2.05, 4.69) is 0 Å². The second-order valence-electron chi connectivity index (χ2n) is 5.89. The monoisotopic (exact) mass is 316 g/mol. The molecule has 0 aromatic carbocycles. The summed E-state index contributed by atoms with van der Waals surface area (Å²) < 4.78 is 5.12. The van der Waals surface area contributed by atoms with E-state index in [0.29, 0.717) is 6.42 Å². The van der Waals surface area contributed by atoms with Gasteiger partial charge in [0.1, 0.15) is 6.10 Å². The molecule has 1 saturated heterocycles. The van der Waals surface area contributed by atoms with Crippen molar-refractivity contribution in [1.29, 1.82) is 0 Å². The molecule has 1 fully saturated rings. The van der Waals surface area contributed by atoms with Crippen LogP contribution in [0.25, 0.3) is 0 Å². The number of aliphatic hydroxyl groups is 1. The number of ether oxygens (including phenoxy) is 1. The van der Waals surface area contributed by atoms with Crippen LogP contribution in [-0.2, 0) is 19.1 Å². The van der Waals surface area contributed by atoms with E-state index < -0.39 is 42.7 Å². The largest absolute Gasteiger partial charge is 0.481 e. The van der Waals surface area contributed by atoms with Gasteiger partial charge in [0.05, 0.1) is 24.6 Å². The molecule has 0 spiro atoms. The highest BCUT2D eigenvalue weighted by Gasteiger charge is 2.45. The third-order valence-electron chi connectivity index (χ3n) is 3.78. The van der Waals surface area contributed by atoms with Crippen LogP contribution in [0, 0.1) is 5.92 Å². The zero-order chi connectivity index (χ0) is 17.0. The predicted molar refractivity (Wildman–Crippen MR) is 76.7 cm³/mol. The Kier molecular flexibility index (Phi) is 6.31. The van der Waals surface area contributed by atoms with Gasteiger partial charge >= 0.3 is 11.9 Å². The molecule has 0 saturated carbocycles. The molecule has 1 amide bonds. The third-order valence-corrected chi connectivity index (χ3v) is 3.78. The first-order valence-electron chi connectivity index (χ1n) is 7.28. The number of nitrogens with zero attached hydrogens (tertiary/aromatic N) is 1. The molecule has 4 N–H and O–H groups in total. The predicted octanol–water partition coefficient (Wildman–Crippen LogP) is -0.662. The molecule has 0 unspecified atom stereocenters. The summed E-state index contributed by atoms with van der Waals surface area (Å²) in [6.45, 7) is 5.08. The number of carbonyl (C=O) groups is 3. The Balaban J connectivity index is 2.97. The minimum Gasteiger partial charge on any atom is -0.481 e. The summed E-state index contributed by atoms with van der Waals surface area (Å²) in [5.41, 5.74) is 5.85. The van der Waals surface area contributed by atoms with Crippen molar-refractivity contribution in [2.24, 2.45) is 11.7 Å². The molecule has 0 aromatic heterocycles. The topological polar surface area (TPSA) is 130 Å². The van der Waals surface area contributed by atoms with Crippen molar-refractivity contribution in [3.8, 4) is 0 Å². The Labute approximate surface area is 129 Å². The Morgan fingerprint density at radius 2 is 1.95 bits per heavy atom. The Morgan fingerprint density at radius 1 is 1.36 bits per heavy atom. The van der Waals surface area contributed by atoms with Gasteiger partial charge < -0.3 is 25.6 Å². The zero-order valence-electron chi connectivity index (χ0n) is 13.1. The van der Waals surface area contributed by atoms with Crippen molar-refractivity contribution >= 4 is 17.8 Å². The Bertz CT molecular complexity index is 439. The number of carboxylic acids is 1. The van der Waals surface area contributed by atoms with E-state index in [1.165, 1.54) is 11.8 Å². The molecule has 8 heteroatoms. The van der Waals surface area contributed by atoms with Gasteiger partial charge in [-0.25, -0.2) is 0 Å². The number of hydrogen-bond acceptors (Lipinski definition) is 6. The molecule has 8 nitrogen and oxygen atoms in total. The molecule has 0 aromatic rings. The number of nitrogens with two attached hydrogens (primary N) is 1. The molecular weight excluding hydrogens is 292 g/mol. The number of carboxylic acid groups (broad SMARTS) is 1. The minimum absolute atomic E-state index is 0.0995. The average Bonchev–Trinajstić information content (AvgIpc) is 2.78. The fraction of sp³-hybridized carbons (Fsp3) is 0.786. The number of rotatable bonds is 6. The van der Waals surface area contributed by atoms with E-state index >= 15 is 0 Å². The molecule has 1 heterocycles. The van der Waals surface area contributed by atoms with Crippen LogP contribution in [0.3, 0.4) is 0 Å². The van der Waals surface area contributed by atoms with E-state index in [1.807, 2.05) is 0 Å². The van der Waals surface area contributed by atoms with E-state index in [4.69, 9.17) is 15.6 Å². The van der Waals surface area contributed by atoms with E-state index in [9.17, 15) is 19.5 Å². The molecule has 0 aliphatic carbocycles. The molecule has 0 radical (unpaired) electrons. The number of likely N-dealkylation sites (tertiary alicyclic amines) is 1. The summed E-state index contributed by atoms with van der Waals surface area (Å²) in [4.78, 5) is 35.7. The van der Waals surface area contributed by atoms with Crippen molar-refractivity contribution in [1.82, 2.24) is 4.90 Å². The van der Waals surface area contributed by atoms with Gasteiger partial charge in [0, 0.05) is 19.9 Å². The maximum absolute atomic E-state index is 12.4. The molecular formula is C14H24N2O6.